The summed E-state index contributed by atoms with van der Waals surface area (Å²) in [5.41, 5.74) is 1.81. The van der Waals surface area contributed by atoms with Crippen LogP contribution in [0.4, 0.5) is 0 Å². The standard InChI is InChI=1S/C16H17NO3.ClH/c18-12-3-1-10(2-4-12)7-14-13-9-16(20)15(19)8-11(13)5-6-17-14;/h1-4,8-9,14,17-20H,5-7H2;1H/i1D,2D,3D,4D;. The third kappa shape index (κ3) is 3.23. The lowest BCUT2D eigenvalue weighted by Crippen LogP contribution is -2.31. The van der Waals surface area contributed by atoms with E-state index in [9.17, 15) is 15.3 Å². The van der Waals surface area contributed by atoms with Crippen LogP contribution in [0.2, 0.25) is 0 Å². The summed E-state index contributed by atoms with van der Waals surface area (Å²) in [6.07, 6.45) is 0.844. The smallest absolute Gasteiger partial charge is 0.157 e. The molecule has 0 aromatic heterocycles. The maximum Gasteiger partial charge on any atom is 0.157 e. The monoisotopic (exact) mass is 311 g/mol. The third-order valence-corrected chi connectivity index (χ3v) is 3.47. The Morgan fingerprint density at radius 3 is 2.48 bits per heavy atom. The molecule has 0 aliphatic carbocycles. The van der Waals surface area contributed by atoms with Gasteiger partial charge in [0.1, 0.15) is 5.75 Å². The molecule has 1 aliphatic rings. The molecule has 3 rings (SSSR count). The first-order valence-corrected chi connectivity index (χ1v) is 6.37. The van der Waals surface area contributed by atoms with Crippen LogP contribution in [-0.4, -0.2) is 21.9 Å². The van der Waals surface area contributed by atoms with Gasteiger partial charge in [0.25, 0.3) is 0 Å². The fraction of sp³-hybridized carbons (Fsp3) is 0.250. The van der Waals surface area contributed by atoms with E-state index in [2.05, 4.69) is 5.32 Å². The van der Waals surface area contributed by atoms with Gasteiger partial charge in [-0.05, 0) is 60.3 Å². The van der Waals surface area contributed by atoms with E-state index in [1.165, 1.54) is 12.1 Å². The molecule has 0 bridgehead atoms. The summed E-state index contributed by atoms with van der Waals surface area (Å²) in [7, 11) is 0. The predicted octanol–water partition coefficient (Wildman–Crippen LogP) is 2.65. The summed E-state index contributed by atoms with van der Waals surface area (Å²) in [5, 5.41) is 32.2. The summed E-state index contributed by atoms with van der Waals surface area (Å²) in [5.74, 6) is -1.09. The van der Waals surface area contributed by atoms with Crippen LogP contribution < -0.4 is 5.32 Å². The number of aromatic hydroxyl groups is 3. The van der Waals surface area contributed by atoms with Gasteiger partial charge in [-0.3, -0.25) is 0 Å². The van der Waals surface area contributed by atoms with Gasteiger partial charge in [-0.25, -0.2) is 0 Å². The molecule has 5 heteroatoms. The van der Waals surface area contributed by atoms with E-state index in [1.807, 2.05) is 0 Å². The van der Waals surface area contributed by atoms with Crippen molar-refractivity contribution in [3.63, 3.8) is 0 Å². The van der Waals surface area contributed by atoms with E-state index in [-0.39, 0.29) is 54.0 Å². The van der Waals surface area contributed by atoms with Gasteiger partial charge >= 0.3 is 0 Å². The number of nitrogens with one attached hydrogen (secondary N) is 1. The summed E-state index contributed by atoms with van der Waals surface area (Å²) in [6, 6.07) is 1.17. The number of phenolic OH excluding ortho intramolecular Hbond substituents is 3. The zero-order valence-corrected chi connectivity index (χ0v) is 11.9. The Labute approximate surface area is 135 Å². The molecular weight excluding hydrogens is 290 g/mol. The van der Waals surface area contributed by atoms with Gasteiger partial charge in [-0.15, -0.1) is 12.4 Å². The van der Waals surface area contributed by atoms with Crippen LogP contribution in [0.25, 0.3) is 0 Å². The van der Waals surface area contributed by atoms with E-state index in [4.69, 9.17) is 5.48 Å². The molecule has 0 saturated carbocycles. The Balaban J connectivity index is 0.00000225. The van der Waals surface area contributed by atoms with Gasteiger partial charge in [0.2, 0.25) is 0 Å². The van der Waals surface area contributed by atoms with Gasteiger partial charge in [0.05, 0.1) is 5.48 Å². The van der Waals surface area contributed by atoms with E-state index in [1.54, 1.807) is 0 Å². The van der Waals surface area contributed by atoms with E-state index in [0.29, 0.717) is 13.0 Å². The highest BCUT2D eigenvalue weighted by Gasteiger charge is 2.21. The van der Waals surface area contributed by atoms with Crippen molar-refractivity contribution >= 4 is 12.4 Å². The maximum atomic E-state index is 9.75. The molecule has 1 aliphatic heterocycles. The summed E-state index contributed by atoms with van der Waals surface area (Å²) in [4.78, 5) is 0. The highest BCUT2D eigenvalue weighted by molar-refractivity contribution is 5.85. The Hall–Kier alpha value is -1.91. The molecule has 0 amide bonds. The van der Waals surface area contributed by atoms with Crippen LogP contribution in [-0.2, 0) is 12.8 Å². The first-order chi connectivity index (χ1) is 11.3. The summed E-state index contributed by atoms with van der Waals surface area (Å²) >= 11 is 0. The van der Waals surface area contributed by atoms with E-state index < -0.39 is 17.8 Å². The fourth-order valence-electron chi connectivity index (χ4n) is 2.49. The van der Waals surface area contributed by atoms with Crippen LogP contribution >= 0.6 is 12.4 Å². The first-order valence-electron chi connectivity index (χ1n) is 8.37. The van der Waals surface area contributed by atoms with Gasteiger partial charge < -0.3 is 20.6 Å². The van der Waals surface area contributed by atoms with Gasteiger partial charge in [-0.1, -0.05) is 12.1 Å². The van der Waals surface area contributed by atoms with Gasteiger partial charge in [0, 0.05) is 6.04 Å². The number of rotatable bonds is 2. The minimum Gasteiger partial charge on any atom is -0.508 e. The zero-order valence-electron chi connectivity index (χ0n) is 15.1. The molecule has 0 fully saturated rings. The molecule has 0 radical (unpaired) electrons. The number of fused-ring (bicyclic) bond motifs is 1. The zero-order chi connectivity index (χ0) is 17.6. The lowest BCUT2D eigenvalue weighted by atomic mass is 9.90. The topological polar surface area (TPSA) is 72.7 Å². The molecule has 4 nitrogen and oxygen atoms in total. The van der Waals surface area contributed by atoms with Crippen LogP contribution in [0.1, 0.15) is 28.2 Å². The minimum atomic E-state index is -0.659. The number of halogens is 1. The van der Waals surface area contributed by atoms with Crippen molar-refractivity contribution in [1.82, 2.24) is 5.32 Å². The number of phenols is 3. The summed E-state index contributed by atoms with van der Waals surface area (Å²) in [6.45, 7) is 0.627. The lowest BCUT2D eigenvalue weighted by molar-refractivity contribution is 0.398. The van der Waals surface area contributed by atoms with Crippen LogP contribution in [0.15, 0.2) is 36.3 Å². The highest BCUT2D eigenvalue weighted by atomic mass is 35.5. The molecule has 1 heterocycles. The number of hydrogen-bond acceptors (Lipinski definition) is 4. The minimum absolute atomic E-state index is 0. The maximum absolute atomic E-state index is 9.75. The normalized spacial score (nSPS) is 19.5. The molecule has 112 valence electrons. The van der Waals surface area contributed by atoms with Gasteiger partial charge in [-0.2, -0.15) is 0 Å². The molecule has 1 atom stereocenters. The van der Waals surface area contributed by atoms with Crippen molar-refractivity contribution in [2.45, 2.75) is 18.9 Å². The largest absolute Gasteiger partial charge is 0.508 e. The second-order valence-corrected chi connectivity index (χ2v) is 4.83. The fourth-order valence-corrected chi connectivity index (χ4v) is 2.49. The Bertz CT molecular complexity index is 803. The van der Waals surface area contributed by atoms with Crippen molar-refractivity contribution in [2.24, 2.45) is 0 Å². The van der Waals surface area contributed by atoms with Crippen LogP contribution in [0, 0.1) is 0 Å². The molecule has 2 aromatic rings. The average molecular weight is 312 g/mol. The van der Waals surface area contributed by atoms with Crippen molar-refractivity contribution in [3.8, 4) is 17.2 Å². The molecule has 21 heavy (non-hydrogen) atoms. The highest BCUT2D eigenvalue weighted by Crippen LogP contribution is 2.34. The number of benzene rings is 2. The van der Waals surface area contributed by atoms with E-state index >= 15 is 0 Å². The SMILES string of the molecule is Cl.[2H]c1c([2H])c(CC2NCCc3cc(O)c(O)cc32)c([2H])c([2H])c1O. The van der Waals surface area contributed by atoms with E-state index in [0.717, 1.165) is 11.1 Å². The quantitative estimate of drug-likeness (QED) is 0.643. The predicted molar refractivity (Wildman–Crippen MR) is 83.3 cm³/mol. The number of hydrogen-bond donors (Lipinski definition) is 4. The van der Waals surface area contributed by atoms with Crippen molar-refractivity contribution < 1.29 is 20.8 Å². The van der Waals surface area contributed by atoms with Crippen molar-refractivity contribution in [2.75, 3.05) is 6.54 Å². The second kappa shape index (κ2) is 6.24. The first kappa shape index (κ1) is 10.8. The Kier molecular flexibility index (Phi) is 3.20. The molecule has 1 unspecified atom stereocenters. The lowest BCUT2D eigenvalue weighted by Gasteiger charge is -2.27. The molecule has 0 saturated heterocycles. The third-order valence-electron chi connectivity index (χ3n) is 3.47. The second-order valence-electron chi connectivity index (χ2n) is 4.83. The molecule has 4 N–H and O–H groups in total. The molecular formula is C16H18ClNO3. The summed E-state index contributed by atoms with van der Waals surface area (Å²) < 4.78 is 31.4. The van der Waals surface area contributed by atoms with Crippen molar-refractivity contribution in [3.05, 3.63) is 53.0 Å². The molecule has 0 spiro atoms. The van der Waals surface area contributed by atoms with Crippen molar-refractivity contribution in [1.29, 1.82) is 0 Å². The van der Waals surface area contributed by atoms with Gasteiger partial charge in [0.15, 0.2) is 11.5 Å². The molecule has 2 aromatic carbocycles. The van der Waals surface area contributed by atoms with Crippen LogP contribution in [0.5, 0.6) is 17.2 Å². The van der Waals surface area contributed by atoms with Crippen LogP contribution in [0.3, 0.4) is 0 Å². The Morgan fingerprint density at radius 1 is 1.10 bits per heavy atom. The Morgan fingerprint density at radius 2 is 1.76 bits per heavy atom. The average Bonchev–Trinajstić information content (AvgIpc) is 2.56.